The Balaban J connectivity index is 3.15. The van der Waals surface area contributed by atoms with Gasteiger partial charge in [-0.15, -0.1) is 0 Å². The van der Waals surface area contributed by atoms with Crippen molar-refractivity contribution in [3.05, 3.63) is 0 Å². The molecule has 0 rings (SSSR count). The van der Waals surface area contributed by atoms with Gasteiger partial charge in [0.15, 0.2) is 0 Å². The maximum absolute atomic E-state index is 8.49. The summed E-state index contributed by atoms with van der Waals surface area (Å²) < 4.78 is 0. The van der Waals surface area contributed by atoms with Crippen LogP contribution in [0.1, 0.15) is 39.5 Å². The summed E-state index contributed by atoms with van der Waals surface area (Å²) in [6.07, 6.45) is 2.69. The highest BCUT2D eigenvalue weighted by molar-refractivity contribution is 4.51. The van der Waals surface area contributed by atoms with Gasteiger partial charge in [0.1, 0.15) is 0 Å². The minimum Gasteiger partial charge on any atom is -0.344 e. The molecule has 0 aliphatic heterocycles. The monoisotopic (exact) mass is 162 g/mol. The van der Waals surface area contributed by atoms with Crippen molar-refractivity contribution in [2.45, 2.75) is 45.5 Å². The molecule has 0 atom stereocenters. The summed E-state index contributed by atoms with van der Waals surface area (Å²) in [6, 6.07) is 0. The Labute approximate surface area is 67.7 Å². The smallest absolute Gasteiger partial charge is 0.275 e. The van der Waals surface area contributed by atoms with Gasteiger partial charge in [-0.05, 0) is 12.3 Å². The van der Waals surface area contributed by atoms with E-state index in [0.717, 1.165) is 12.8 Å². The Hall–Kier alpha value is -0.120. The number of hydrogen-bond acceptors (Lipinski definition) is 3. The van der Waals surface area contributed by atoms with Gasteiger partial charge in [0.05, 0.1) is 0 Å². The minimum absolute atomic E-state index is 0.0414. The second-order valence-corrected chi connectivity index (χ2v) is 3.41. The van der Waals surface area contributed by atoms with Crippen LogP contribution in [0.5, 0.6) is 0 Å². The van der Waals surface area contributed by atoms with Gasteiger partial charge >= 0.3 is 0 Å². The van der Waals surface area contributed by atoms with Gasteiger partial charge in [0, 0.05) is 6.42 Å². The number of aliphatic hydroxyl groups is 3. The molecule has 0 aromatic carbocycles. The zero-order valence-corrected chi connectivity index (χ0v) is 7.25. The Morgan fingerprint density at radius 2 is 1.64 bits per heavy atom. The van der Waals surface area contributed by atoms with E-state index in [1.807, 2.05) is 0 Å². The van der Waals surface area contributed by atoms with E-state index in [1.165, 1.54) is 0 Å². The van der Waals surface area contributed by atoms with Gasteiger partial charge in [0.25, 0.3) is 5.97 Å². The minimum atomic E-state index is -2.46. The molecule has 11 heavy (non-hydrogen) atoms. The first kappa shape index (κ1) is 10.9. The Bertz CT molecular complexity index is 94.0. The molecule has 0 aliphatic carbocycles. The van der Waals surface area contributed by atoms with Crippen molar-refractivity contribution in [2.24, 2.45) is 5.92 Å². The van der Waals surface area contributed by atoms with E-state index in [1.54, 1.807) is 0 Å². The molecule has 0 heterocycles. The first-order valence-corrected chi connectivity index (χ1v) is 4.09. The average molecular weight is 162 g/mol. The number of hydrogen-bond donors (Lipinski definition) is 3. The van der Waals surface area contributed by atoms with Crippen molar-refractivity contribution in [1.29, 1.82) is 0 Å². The van der Waals surface area contributed by atoms with E-state index in [0.29, 0.717) is 12.3 Å². The second kappa shape index (κ2) is 4.70. The molecule has 0 unspecified atom stereocenters. The van der Waals surface area contributed by atoms with Crippen LogP contribution >= 0.6 is 0 Å². The standard InChI is InChI=1S/C8H18O3/c1-7(2)5-3-4-6-8(9,10)11/h7,9-11H,3-6H2,1-2H3. The quantitative estimate of drug-likeness (QED) is 0.414. The topological polar surface area (TPSA) is 60.7 Å². The molecule has 0 fully saturated rings. The van der Waals surface area contributed by atoms with Crippen molar-refractivity contribution in [1.82, 2.24) is 0 Å². The largest absolute Gasteiger partial charge is 0.344 e. The van der Waals surface area contributed by atoms with Gasteiger partial charge in [-0.25, -0.2) is 0 Å². The normalized spacial score (nSPS) is 12.5. The first-order chi connectivity index (χ1) is 4.92. The maximum Gasteiger partial charge on any atom is 0.275 e. The molecule has 0 aromatic heterocycles. The molecule has 0 aromatic rings. The van der Waals surface area contributed by atoms with Gasteiger partial charge in [0.2, 0.25) is 0 Å². The molecule has 68 valence electrons. The summed E-state index contributed by atoms with van der Waals surface area (Å²) in [5, 5.41) is 25.5. The van der Waals surface area contributed by atoms with Crippen LogP contribution in [0, 0.1) is 5.92 Å². The Morgan fingerprint density at radius 1 is 1.09 bits per heavy atom. The van der Waals surface area contributed by atoms with Crippen LogP contribution < -0.4 is 0 Å². The van der Waals surface area contributed by atoms with Crippen molar-refractivity contribution in [2.75, 3.05) is 0 Å². The van der Waals surface area contributed by atoms with E-state index in [2.05, 4.69) is 13.8 Å². The molecule has 3 heteroatoms. The highest BCUT2D eigenvalue weighted by Crippen LogP contribution is 2.12. The fourth-order valence-electron chi connectivity index (χ4n) is 0.915. The van der Waals surface area contributed by atoms with Gasteiger partial charge in [-0.1, -0.05) is 26.7 Å². The summed E-state index contributed by atoms with van der Waals surface area (Å²) >= 11 is 0. The fourth-order valence-corrected chi connectivity index (χ4v) is 0.915. The molecule has 3 N–H and O–H groups in total. The van der Waals surface area contributed by atoms with Crippen LogP contribution in [0.4, 0.5) is 0 Å². The summed E-state index contributed by atoms with van der Waals surface area (Å²) in [5.74, 6) is -1.82. The van der Waals surface area contributed by atoms with E-state index in [4.69, 9.17) is 15.3 Å². The average Bonchev–Trinajstić information content (AvgIpc) is 1.78. The molecule has 0 amide bonds. The summed E-state index contributed by atoms with van der Waals surface area (Å²) in [4.78, 5) is 0. The van der Waals surface area contributed by atoms with Crippen LogP contribution in [-0.4, -0.2) is 21.3 Å². The molecular formula is C8H18O3. The molecule has 3 nitrogen and oxygen atoms in total. The Morgan fingerprint density at radius 3 is 2.00 bits per heavy atom. The number of unbranched alkanes of at least 4 members (excludes halogenated alkanes) is 1. The van der Waals surface area contributed by atoms with E-state index in [9.17, 15) is 0 Å². The van der Waals surface area contributed by atoms with Crippen molar-refractivity contribution < 1.29 is 15.3 Å². The molecular weight excluding hydrogens is 144 g/mol. The summed E-state index contributed by atoms with van der Waals surface area (Å²) in [6.45, 7) is 4.23. The molecule has 0 aliphatic rings. The van der Waals surface area contributed by atoms with Crippen molar-refractivity contribution in [3.8, 4) is 0 Å². The summed E-state index contributed by atoms with van der Waals surface area (Å²) in [7, 11) is 0. The van der Waals surface area contributed by atoms with Crippen LogP contribution in [-0.2, 0) is 0 Å². The maximum atomic E-state index is 8.49. The van der Waals surface area contributed by atoms with Crippen LogP contribution in [0.25, 0.3) is 0 Å². The summed E-state index contributed by atoms with van der Waals surface area (Å²) in [5.41, 5.74) is 0. The third kappa shape index (κ3) is 9.88. The SMILES string of the molecule is CC(C)CCCCC(O)(O)O. The Kier molecular flexibility index (Phi) is 4.65. The van der Waals surface area contributed by atoms with Crippen molar-refractivity contribution >= 4 is 0 Å². The highest BCUT2D eigenvalue weighted by atomic mass is 16.7. The zero-order valence-electron chi connectivity index (χ0n) is 7.25. The lowest BCUT2D eigenvalue weighted by Crippen LogP contribution is -2.26. The molecule has 0 bridgehead atoms. The number of rotatable bonds is 5. The third-order valence-corrected chi connectivity index (χ3v) is 1.54. The van der Waals surface area contributed by atoms with Crippen molar-refractivity contribution in [3.63, 3.8) is 0 Å². The van der Waals surface area contributed by atoms with E-state index >= 15 is 0 Å². The predicted molar refractivity (Wildman–Crippen MR) is 42.7 cm³/mol. The highest BCUT2D eigenvalue weighted by Gasteiger charge is 2.16. The van der Waals surface area contributed by atoms with Gasteiger partial charge in [-0.3, -0.25) is 0 Å². The molecule has 0 saturated carbocycles. The fraction of sp³-hybridized carbons (Fsp3) is 1.00. The molecule has 0 radical (unpaired) electrons. The van der Waals surface area contributed by atoms with Gasteiger partial charge < -0.3 is 15.3 Å². The first-order valence-electron chi connectivity index (χ1n) is 4.09. The third-order valence-electron chi connectivity index (χ3n) is 1.54. The zero-order chi connectivity index (χ0) is 8.91. The molecule has 0 spiro atoms. The second-order valence-electron chi connectivity index (χ2n) is 3.41. The lowest BCUT2D eigenvalue weighted by molar-refractivity contribution is -0.315. The lowest BCUT2D eigenvalue weighted by Gasteiger charge is -2.13. The van der Waals surface area contributed by atoms with Crippen LogP contribution in [0.15, 0.2) is 0 Å². The van der Waals surface area contributed by atoms with E-state index in [-0.39, 0.29) is 6.42 Å². The van der Waals surface area contributed by atoms with Crippen LogP contribution in [0.2, 0.25) is 0 Å². The predicted octanol–water partition coefficient (Wildman–Crippen LogP) is 0.833. The lowest BCUT2D eigenvalue weighted by atomic mass is 10.1. The molecule has 0 saturated heterocycles. The van der Waals surface area contributed by atoms with Gasteiger partial charge in [-0.2, -0.15) is 0 Å². The van der Waals surface area contributed by atoms with Crippen LogP contribution in [0.3, 0.4) is 0 Å². The van der Waals surface area contributed by atoms with E-state index < -0.39 is 5.97 Å².